The molecule has 0 saturated heterocycles. The van der Waals surface area contributed by atoms with Crippen molar-refractivity contribution in [2.75, 3.05) is 5.32 Å². The van der Waals surface area contributed by atoms with Gasteiger partial charge in [-0.2, -0.15) is 0 Å². The lowest BCUT2D eigenvalue weighted by atomic mass is 10.3. The number of hydrogen-bond donors (Lipinski definition) is 3. The maximum Gasteiger partial charge on any atom is 0.288 e. The van der Waals surface area contributed by atoms with Gasteiger partial charge in [0.2, 0.25) is 3.79 Å². The van der Waals surface area contributed by atoms with E-state index in [1.807, 2.05) is 24.3 Å². The van der Waals surface area contributed by atoms with Crippen LogP contribution in [0.1, 0.15) is 10.6 Å². The molecule has 0 unspecified atom stereocenters. The molecule has 0 bridgehead atoms. The van der Waals surface area contributed by atoms with E-state index >= 15 is 0 Å². The molecule has 5 nitrogen and oxygen atoms in total. The molecule has 3 N–H and O–H groups in total. The predicted molar refractivity (Wildman–Crippen MR) is 111 cm³/mol. The van der Waals surface area contributed by atoms with Crippen molar-refractivity contribution in [2.45, 2.75) is 9.96 Å². The molecule has 0 radical (unpaired) electrons. The van der Waals surface area contributed by atoms with Crippen LogP contribution in [0.15, 0.2) is 50.0 Å². The van der Waals surface area contributed by atoms with E-state index in [1.54, 1.807) is 6.07 Å². The first-order chi connectivity index (χ1) is 11.6. The van der Waals surface area contributed by atoms with Crippen molar-refractivity contribution in [2.24, 2.45) is 0 Å². The molecule has 0 aliphatic rings. The van der Waals surface area contributed by atoms with Crippen molar-refractivity contribution in [1.82, 2.24) is 10.6 Å². The summed E-state index contributed by atoms with van der Waals surface area (Å²) in [6.45, 7) is 0. The van der Waals surface area contributed by atoms with Gasteiger partial charge in [0.15, 0.2) is 15.5 Å². The first kappa shape index (κ1) is 20.8. The predicted octanol–water partition coefficient (Wildman–Crippen LogP) is 5.22. The summed E-state index contributed by atoms with van der Waals surface area (Å²) in [5, 5.41) is 8.37. The molecule has 0 fully saturated rings. The third kappa shape index (κ3) is 6.62. The number of carbonyl (C=O) groups is 1. The van der Waals surface area contributed by atoms with Gasteiger partial charge in [-0.25, -0.2) is 0 Å². The Balaban J connectivity index is 2.04. The third-order valence-electron chi connectivity index (χ3n) is 2.76. The normalized spacial score (nSPS) is 12.4. The second-order valence-electron chi connectivity index (χ2n) is 4.66. The minimum absolute atomic E-state index is 0.0544. The van der Waals surface area contributed by atoms with Crippen LogP contribution in [-0.2, 0) is 0 Å². The molecular weight excluding hydrogens is 540 g/mol. The average molecular weight is 550 g/mol. The lowest BCUT2D eigenvalue weighted by Gasteiger charge is -2.27. The van der Waals surface area contributed by atoms with E-state index in [9.17, 15) is 4.79 Å². The quantitative estimate of drug-likeness (QED) is 0.277. The van der Waals surface area contributed by atoms with Crippen molar-refractivity contribution in [1.29, 1.82) is 0 Å². The van der Waals surface area contributed by atoms with Gasteiger partial charge in [-0.3, -0.25) is 4.79 Å². The molecule has 0 saturated carbocycles. The molecule has 1 aromatic carbocycles. The highest BCUT2D eigenvalue weighted by molar-refractivity contribution is 9.10. The SMILES string of the molecule is O=C(N[C@@H](NC(=S)Nc1cccc(Br)c1)C(Cl)(Cl)Cl)c1ccc(Br)o1. The number of furan rings is 1. The summed E-state index contributed by atoms with van der Waals surface area (Å²) in [4.78, 5) is 12.2. The first-order valence-electron chi connectivity index (χ1n) is 6.61. The van der Waals surface area contributed by atoms with Crippen LogP contribution in [0.3, 0.4) is 0 Å². The van der Waals surface area contributed by atoms with Crippen LogP contribution in [0.5, 0.6) is 0 Å². The van der Waals surface area contributed by atoms with E-state index in [0.717, 1.165) is 10.2 Å². The van der Waals surface area contributed by atoms with E-state index in [-0.39, 0.29) is 10.9 Å². The van der Waals surface area contributed by atoms with Crippen LogP contribution in [0.25, 0.3) is 0 Å². The van der Waals surface area contributed by atoms with Gasteiger partial charge in [0.25, 0.3) is 5.91 Å². The van der Waals surface area contributed by atoms with Crippen LogP contribution in [0.4, 0.5) is 5.69 Å². The van der Waals surface area contributed by atoms with Crippen LogP contribution in [0.2, 0.25) is 0 Å². The Morgan fingerprint density at radius 3 is 2.44 bits per heavy atom. The summed E-state index contributed by atoms with van der Waals surface area (Å²) in [6, 6.07) is 10.4. The lowest BCUT2D eigenvalue weighted by molar-refractivity contribution is 0.0905. The topological polar surface area (TPSA) is 66.3 Å². The molecule has 1 heterocycles. The van der Waals surface area contributed by atoms with Gasteiger partial charge in [-0.05, 0) is 58.5 Å². The van der Waals surface area contributed by atoms with E-state index in [2.05, 4.69) is 47.8 Å². The third-order valence-corrected chi connectivity index (χ3v) is 4.55. The molecule has 2 aromatic rings. The van der Waals surface area contributed by atoms with Crippen molar-refractivity contribution in [3.63, 3.8) is 0 Å². The molecule has 11 heteroatoms. The Hall–Kier alpha value is -0.510. The number of amides is 1. The zero-order valence-electron chi connectivity index (χ0n) is 12.2. The lowest BCUT2D eigenvalue weighted by Crippen LogP contribution is -2.56. The monoisotopic (exact) mass is 547 g/mol. The van der Waals surface area contributed by atoms with Crippen LogP contribution in [0, 0.1) is 0 Å². The number of nitrogens with one attached hydrogen (secondary N) is 3. The van der Waals surface area contributed by atoms with E-state index in [4.69, 9.17) is 51.4 Å². The molecular formula is C14H10Br2Cl3N3O2S. The van der Waals surface area contributed by atoms with E-state index in [0.29, 0.717) is 4.67 Å². The largest absolute Gasteiger partial charge is 0.444 e. The molecule has 1 aromatic heterocycles. The van der Waals surface area contributed by atoms with Crippen LogP contribution < -0.4 is 16.0 Å². The van der Waals surface area contributed by atoms with Gasteiger partial charge in [0.1, 0.15) is 6.17 Å². The highest BCUT2D eigenvalue weighted by Crippen LogP contribution is 2.29. The molecule has 0 aliphatic heterocycles. The summed E-state index contributed by atoms with van der Waals surface area (Å²) in [5.41, 5.74) is 0.719. The van der Waals surface area contributed by atoms with Crippen molar-refractivity contribution in [3.8, 4) is 0 Å². The fraction of sp³-hybridized carbons (Fsp3) is 0.143. The average Bonchev–Trinajstić information content (AvgIpc) is 2.92. The summed E-state index contributed by atoms with van der Waals surface area (Å²) in [6.07, 6.45) is -1.10. The molecule has 134 valence electrons. The first-order valence-corrected chi connectivity index (χ1v) is 9.74. The van der Waals surface area contributed by atoms with Crippen molar-refractivity contribution >= 4 is 95.6 Å². The molecule has 1 atom stereocenters. The molecule has 0 spiro atoms. The fourth-order valence-electron chi connectivity index (χ4n) is 1.70. The zero-order chi connectivity index (χ0) is 18.6. The molecule has 2 rings (SSSR count). The van der Waals surface area contributed by atoms with Crippen molar-refractivity contribution < 1.29 is 9.21 Å². The Kier molecular flexibility index (Phi) is 7.42. The van der Waals surface area contributed by atoms with Gasteiger partial charge < -0.3 is 20.4 Å². The number of benzene rings is 1. The molecule has 1 amide bonds. The number of halogens is 5. The van der Waals surface area contributed by atoms with E-state index < -0.39 is 15.9 Å². The summed E-state index contributed by atoms with van der Waals surface area (Å²) < 4.78 is 4.58. The van der Waals surface area contributed by atoms with Crippen LogP contribution >= 0.6 is 78.9 Å². The van der Waals surface area contributed by atoms with Crippen LogP contribution in [-0.4, -0.2) is 21.0 Å². The number of carbonyl (C=O) groups excluding carboxylic acids is 1. The minimum Gasteiger partial charge on any atom is -0.444 e. The Labute approximate surface area is 181 Å². The Morgan fingerprint density at radius 2 is 1.88 bits per heavy atom. The number of rotatable bonds is 4. The summed E-state index contributed by atoms with van der Waals surface area (Å²) in [5.74, 6) is -0.515. The standard InChI is InChI=1S/C14H10Br2Cl3N3O2S/c15-7-2-1-3-8(6-7)20-13(25)22-12(14(17,18)19)21-11(23)9-4-5-10(16)24-9/h1-6,12H,(H,21,23)(H2,20,22,25)/t12-/m0/s1. The van der Waals surface area contributed by atoms with Gasteiger partial charge in [0, 0.05) is 10.2 Å². The Bertz CT molecular complexity index is 783. The van der Waals surface area contributed by atoms with Crippen molar-refractivity contribution in [3.05, 3.63) is 51.3 Å². The van der Waals surface area contributed by atoms with Gasteiger partial charge >= 0.3 is 0 Å². The summed E-state index contributed by atoms with van der Waals surface area (Å²) in [7, 11) is 0. The second kappa shape index (κ2) is 8.92. The van der Waals surface area contributed by atoms with Gasteiger partial charge in [-0.15, -0.1) is 0 Å². The fourth-order valence-corrected chi connectivity index (χ4v) is 2.97. The highest BCUT2D eigenvalue weighted by Gasteiger charge is 2.35. The number of hydrogen-bond acceptors (Lipinski definition) is 3. The smallest absolute Gasteiger partial charge is 0.288 e. The maximum absolute atomic E-state index is 12.2. The minimum atomic E-state index is -1.86. The second-order valence-corrected chi connectivity index (χ2v) is 9.14. The number of alkyl halides is 3. The number of thiocarbonyl (C=S) groups is 1. The summed E-state index contributed by atoms with van der Waals surface area (Å²) >= 11 is 29.5. The molecule has 0 aliphatic carbocycles. The number of anilines is 1. The van der Waals surface area contributed by atoms with Gasteiger partial charge in [-0.1, -0.05) is 56.8 Å². The Morgan fingerprint density at radius 1 is 1.16 bits per heavy atom. The van der Waals surface area contributed by atoms with E-state index in [1.165, 1.54) is 6.07 Å². The highest BCUT2D eigenvalue weighted by atomic mass is 79.9. The maximum atomic E-state index is 12.2. The zero-order valence-corrected chi connectivity index (χ0v) is 18.4. The van der Waals surface area contributed by atoms with Gasteiger partial charge in [0.05, 0.1) is 0 Å². The molecule has 25 heavy (non-hydrogen) atoms.